The van der Waals surface area contributed by atoms with E-state index in [2.05, 4.69) is 4.98 Å². The quantitative estimate of drug-likeness (QED) is 0.851. The van der Waals surface area contributed by atoms with Crippen molar-refractivity contribution in [2.45, 2.75) is 39.7 Å². The van der Waals surface area contributed by atoms with Crippen LogP contribution in [0.15, 0.2) is 18.2 Å². The number of carbonyl (C=O) groups excluding carboxylic acids is 1. The Morgan fingerprint density at radius 2 is 2.10 bits per heavy atom. The number of nitrogens with zero attached hydrogens (tertiary/aromatic N) is 2. The minimum atomic E-state index is -0.891. The molecule has 0 saturated heterocycles. The second kappa shape index (κ2) is 5.45. The van der Waals surface area contributed by atoms with E-state index in [-0.39, 0.29) is 5.78 Å². The third kappa shape index (κ3) is 2.43. The largest absolute Gasteiger partial charge is 0.480 e. The Balaban J connectivity index is 2.66. The van der Waals surface area contributed by atoms with Gasteiger partial charge in [-0.1, -0.05) is 6.92 Å². The molecule has 1 unspecified atom stereocenters. The van der Waals surface area contributed by atoms with Crippen molar-refractivity contribution in [1.82, 2.24) is 9.55 Å². The number of aliphatic carboxylic acids is 1. The monoisotopic (exact) mass is 274 g/mol. The molecule has 1 atom stereocenters. The molecule has 5 heteroatoms. The van der Waals surface area contributed by atoms with E-state index in [1.165, 1.54) is 6.92 Å². The van der Waals surface area contributed by atoms with Crippen LogP contribution in [0.4, 0.5) is 0 Å². The summed E-state index contributed by atoms with van der Waals surface area (Å²) in [4.78, 5) is 27.2. The Labute approximate surface area is 117 Å². The molecule has 5 nitrogen and oxygen atoms in total. The number of fused-ring (bicyclic) bond motifs is 1. The molecule has 0 aliphatic heterocycles. The van der Waals surface area contributed by atoms with Crippen LogP contribution >= 0.6 is 0 Å². The van der Waals surface area contributed by atoms with Crippen LogP contribution in [-0.4, -0.2) is 26.4 Å². The lowest BCUT2D eigenvalue weighted by atomic mass is 10.1. The summed E-state index contributed by atoms with van der Waals surface area (Å²) in [6.45, 7) is 5.17. The fourth-order valence-corrected chi connectivity index (χ4v) is 2.31. The first-order valence-corrected chi connectivity index (χ1v) is 6.70. The summed E-state index contributed by atoms with van der Waals surface area (Å²) in [5, 5.41) is 9.25. The molecule has 0 aliphatic carbocycles. The number of carbonyl (C=O) groups is 2. The van der Waals surface area contributed by atoms with Gasteiger partial charge in [0.15, 0.2) is 5.78 Å². The van der Waals surface area contributed by atoms with Crippen molar-refractivity contribution in [2.24, 2.45) is 0 Å². The molecule has 1 aromatic heterocycles. The number of aryl methyl sites for hydroxylation is 1. The van der Waals surface area contributed by atoms with E-state index in [1.807, 2.05) is 6.92 Å². The molecule has 1 aromatic carbocycles. The molecule has 1 N–H and O–H groups in total. The van der Waals surface area contributed by atoms with Crippen molar-refractivity contribution in [3.05, 3.63) is 29.6 Å². The first-order chi connectivity index (χ1) is 9.45. The minimum Gasteiger partial charge on any atom is -0.480 e. The number of aromatic nitrogens is 2. The number of carboxylic acid groups (broad SMARTS) is 1. The lowest BCUT2D eigenvalue weighted by Crippen LogP contribution is -2.18. The van der Waals surface area contributed by atoms with Gasteiger partial charge >= 0.3 is 5.97 Å². The van der Waals surface area contributed by atoms with Crippen molar-refractivity contribution in [1.29, 1.82) is 0 Å². The van der Waals surface area contributed by atoms with Gasteiger partial charge in [0.1, 0.15) is 11.9 Å². The number of hydrogen-bond acceptors (Lipinski definition) is 3. The molecule has 1 heterocycles. The van der Waals surface area contributed by atoms with Gasteiger partial charge in [-0.25, -0.2) is 9.78 Å². The normalized spacial score (nSPS) is 12.6. The second-order valence-corrected chi connectivity index (χ2v) is 4.92. The fourth-order valence-electron chi connectivity index (χ4n) is 2.31. The summed E-state index contributed by atoms with van der Waals surface area (Å²) in [5.41, 5.74) is 2.02. The van der Waals surface area contributed by atoms with E-state index < -0.39 is 12.0 Å². The predicted octanol–water partition coefficient (Wildman–Crippen LogP) is 2.84. The first-order valence-electron chi connectivity index (χ1n) is 6.70. The van der Waals surface area contributed by atoms with Gasteiger partial charge in [0.05, 0.1) is 11.0 Å². The summed E-state index contributed by atoms with van der Waals surface area (Å²) in [6.07, 6.45) is 1.59. The molecule has 2 rings (SSSR count). The Hall–Kier alpha value is -2.17. The highest BCUT2D eigenvalue weighted by molar-refractivity contribution is 5.97. The molecular weight excluding hydrogens is 256 g/mol. The van der Waals surface area contributed by atoms with E-state index in [0.29, 0.717) is 17.5 Å². The molecule has 0 fully saturated rings. The molecule has 0 aliphatic rings. The smallest absolute Gasteiger partial charge is 0.326 e. The fraction of sp³-hybridized carbons (Fsp3) is 0.400. The summed E-state index contributed by atoms with van der Waals surface area (Å²) in [6, 6.07) is 4.54. The average Bonchev–Trinajstić information content (AvgIpc) is 2.74. The van der Waals surface area contributed by atoms with Crippen molar-refractivity contribution in [3.8, 4) is 0 Å². The van der Waals surface area contributed by atoms with E-state index in [9.17, 15) is 14.7 Å². The van der Waals surface area contributed by atoms with Crippen molar-refractivity contribution in [3.63, 3.8) is 0 Å². The molecule has 20 heavy (non-hydrogen) atoms. The molecule has 0 spiro atoms. The van der Waals surface area contributed by atoms with Gasteiger partial charge in [0.2, 0.25) is 0 Å². The zero-order chi connectivity index (χ0) is 14.9. The maximum atomic E-state index is 11.4. The molecular formula is C15H18N2O3. The maximum Gasteiger partial charge on any atom is 0.326 e. The van der Waals surface area contributed by atoms with Crippen LogP contribution in [0.5, 0.6) is 0 Å². The molecule has 0 bridgehead atoms. The van der Waals surface area contributed by atoms with Gasteiger partial charge in [0, 0.05) is 12.0 Å². The van der Waals surface area contributed by atoms with E-state index in [1.54, 1.807) is 29.7 Å². The van der Waals surface area contributed by atoms with Crippen LogP contribution < -0.4 is 0 Å². The van der Waals surface area contributed by atoms with Crippen LogP contribution in [0.3, 0.4) is 0 Å². The molecule has 106 valence electrons. The summed E-state index contributed by atoms with van der Waals surface area (Å²) in [7, 11) is 0. The number of imidazole rings is 1. The third-order valence-corrected chi connectivity index (χ3v) is 3.39. The number of ketones is 1. The zero-order valence-electron chi connectivity index (χ0n) is 11.9. The lowest BCUT2D eigenvalue weighted by molar-refractivity contribution is -0.140. The van der Waals surface area contributed by atoms with Gasteiger partial charge < -0.3 is 9.67 Å². The van der Waals surface area contributed by atoms with E-state index in [4.69, 9.17) is 0 Å². The van der Waals surface area contributed by atoms with Gasteiger partial charge in [-0.15, -0.1) is 0 Å². The standard InChI is InChI=1S/C15H18N2O3/c1-4-5-14-16-12-8-11(10(3)18)6-7-13(12)17(14)9(2)15(19)20/h6-9H,4-5H2,1-3H3,(H,19,20). The van der Waals surface area contributed by atoms with Crippen LogP contribution in [0.25, 0.3) is 11.0 Å². The predicted molar refractivity (Wildman–Crippen MR) is 76.1 cm³/mol. The van der Waals surface area contributed by atoms with Crippen molar-refractivity contribution < 1.29 is 14.7 Å². The Morgan fingerprint density at radius 1 is 1.40 bits per heavy atom. The number of carboxylic acids is 1. The zero-order valence-corrected chi connectivity index (χ0v) is 11.9. The van der Waals surface area contributed by atoms with Crippen molar-refractivity contribution in [2.75, 3.05) is 0 Å². The number of hydrogen-bond donors (Lipinski definition) is 1. The molecule has 0 amide bonds. The Kier molecular flexibility index (Phi) is 3.88. The van der Waals surface area contributed by atoms with Crippen molar-refractivity contribution >= 4 is 22.8 Å². The Bertz CT molecular complexity index is 673. The highest BCUT2D eigenvalue weighted by Gasteiger charge is 2.20. The lowest BCUT2D eigenvalue weighted by Gasteiger charge is -2.13. The van der Waals surface area contributed by atoms with E-state index in [0.717, 1.165) is 17.8 Å². The molecule has 0 radical (unpaired) electrons. The van der Waals surface area contributed by atoms with Gasteiger partial charge in [0.25, 0.3) is 0 Å². The molecule has 2 aromatic rings. The van der Waals surface area contributed by atoms with Crippen LogP contribution in [-0.2, 0) is 11.2 Å². The summed E-state index contributed by atoms with van der Waals surface area (Å²) in [5.74, 6) is -0.167. The highest BCUT2D eigenvalue weighted by Crippen LogP contribution is 2.23. The SMILES string of the molecule is CCCc1nc2cc(C(C)=O)ccc2n1C(C)C(=O)O. The highest BCUT2D eigenvalue weighted by atomic mass is 16.4. The Morgan fingerprint density at radius 3 is 2.65 bits per heavy atom. The van der Waals surface area contributed by atoms with Crippen LogP contribution in [0.1, 0.15) is 49.4 Å². The average molecular weight is 274 g/mol. The number of Topliss-reactive ketones (excluding diaryl/α,β-unsaturated/α-hetero) is 1. The minimum absolute atomic E-state index is 0.0234. The number of rotatable bonds is 5. The molecule has 0 saturated carbocycles. The van der Waals surface area contributed by atoms with Gasteiger partial charge in [-0.05, 0) is 38.5 Å². The van der Waals surface area contributed by atoms with Crippen LogP contribution in [0, 0.1) is 0 Å². The maximum absolute atomic E-state index is 11.4. The van der Waals surface area contributed by atoms with Gasteiger partial charge in [-0.2, -0.15) is 0 Å². The topological polar surface area (TPSA) is 72.2 Å². The second-order valence-electron chi connectivity index (χ2n) is 4.92. The first kappa shape index (κ1) is 14.2. The number of benzene rings is 1. The summed E-state index contributed by atoms with van der Waals surface area (Å²) >= 11 is 0. The van der Waals surface area contributed by atoms with Gasteiger partial charge in [-0.3, -0.25) is 4.79 Å². The third-order valence-electron chi connectivity index (χ3n) is 3.39. The van der Waals surface area contributed by atoms with E-state index >= 15 is 0 Å². The van der Waals surface area contributed by atoms with Crippen LogP contribution in [0.2, 0.25) is 0 Å². The summed E-state index contributed by atoms with van der Waals surface area (Å²) < 4.78 is 1.74.